The van der Waals surface area contributed by atoms with Gasteiger partial charge in [-0.2, -0.15) is 0 Å². The lowest BCUT2D eigenvalue weighted by Crippen LogP contribution is -2.26. The Balaban J connectivity index is 3.24. The maximum Gasteiger partial charge on any atom is 0.292 e. The van der Waals surface area contributed by atoms with Gasteiger partial charge in [-0.1, -0.05) is 0 Å². The summed E-state index contributed by atoms with van der Waals surface area (Å²) in [4.78, 5) is 23.0. The number of likely N-dealkylation sites (N-methyl/N-ethyl adjacent to an activating group) is 1. The van der Waals surface area contributed by atoms with Gasteiger partial charge in [0.05, 0.1) is 4.92 Å². The maximum atomic E-state index is 11.0. The second-order valence-electron chi connectivity index (χ2n) is 3.54. The zero-order valence-corrected chi connectivity index (χ0v) is 9.42. The fourth-order valence-electron chi connectivity index (χ4n) is 1.45. The van der Waals surface area contributed by atoms with Crippen LogP contribution in [0.2, 0.25) is 0 Å². The Hall–Kier alpha value is -2.15. The molecule has 0 aliphatic rings. The van der Waals surface area contributed by atoms with Crippen molar-refractivity contribution in [1.82, 2.24) is 0 Å². The summed E-state index contributed by atoms with van der Waals surface area (Å²) in [5.74, 6) is -0.623. The number of nitrogens with two attached hydrogens (primary N) is 2. The first-order valence-electron chi connectivity index (χ1n) is 4.96. The van der Waals surface area contributed by atoms with Gasteiger partial charge in [0.25, 0.3) is 5.69 Å². The molecule has 92 valence electrons. The van der Waals surface area contributed by atoms with Gasteiger partial charge in [0.15, 0.2) is 0 Å². The van der Waals surface area contributed by atoms with Crippen LogP contribution < -0.4 is 16.4 Å². The van der Waals surface area contributed by atoms with Crippen LogP contribution in [0.25, 0.3) is 0 Å². The van der Waals surface area contributed by atoms with Crippen LogP contribution in [0.15, 0.2) is 18.2 Å². The molecule has 0 fully saturated rings. The van der Waals surface area contributed by atoms with Gasteiger partial charge in [-0.15, -0.1) is 0 Å². The molecule has 0 aliphatic heterocycles. The van der Waals surface area contributed by atoms with Crippen LogP contribution in [0.4, 0.5) is 11.4 Å². The van der Waals surface area contributed by atoms with E-state index in [0.717, 1.165) is 0 Å². The smallest absolute Gasteiger partial charge is 0.292 e. The van der Waals surface area contributed by atoms with E-state index in [1.54, 1.807) is 11.9 Å². The molecule has 4 N–H and O–H groups in total. The average molecular weight is 238 g/mol. The summed E-state index contributed by atoms with van der Waals surface area (Å²) in [7, 11) is 1.67. The van der Waals surface area contributed by atoms with Gasteiger partial charge in [-0.25, -0.2) is 0 Å². The molecule has 0 radical (unpaired) electrons. The Labute approximate surface area is 98.1 Å². The molecule has 0 spiro atoms. The van der Waals surface area contributed by atoms with Crippen LogP contribution >= 0.6 is 0 Å². The topological polar surface area (TPSA) is 115 Å². The lowest BCUT2D eigenvalue weighted by atomic mass is 10.1. The summed E-state index contributed by atoms with van der Waals surface area (Å²) >= 11 is 0. The second kappa shape index (κ2) is 5.26. The van der Waals surface area contributed by atoms with Gasteiger partial charge in [-0.3, -0.25) is 14.9 Å². The number of hydrogen-bond acceptors (Lipinski definition) is 5. The number of hydrogen-bond donors (Lipinski definition) is 2. The quantitative estimate of drug-likeness (QED) is 0.557. The van der Waals surface area contributed by atoms with Crippen molar-refractivity contribution >= 4 is 17.3 Å². The van der Waals surface area contributed by atoms with Crippen molar-refractivity contribution in [3.8, 4) is 0 Å². The number of nitro benzene ring substituents is 1. The van der Waals surface area contributed by atoms with E-state index in [0.29, 0.717) is 18.8 Å². The molecule has 0 saturated carbocycles. The van der Waals surface area contributed by atoms with Crippen molar-refractivity contribution in [1.29, 1.82) is 0 Å². The zero-order chi connectivity index (χ0) is 13.0. The van der Waals surface area contributed by atoms with Crippen molar-refractivity contribution in [2.45, 2.75) is 0 Å². The molecule has 1 aromatic rings. The van der Waals surface area contributed by atoms with Gasteiger partial charge >= 0.3 is 0 Å². The van der Waals surface area contributed by atoms with Crippen LogP contribution in [0.3, 0.4) is 0 Å². The van der Waals surface area contributed by atoms with E-state index in [4.69, 9.17) is 11.5 Å². The Kier molecular flexibility index (Phi) is 4.00. The molecule has 1 amide bonds. The van der Waals surface area contributed by atoms with Crippen LogP contribution in [-0.4, -0.2) is 31.0 Å². The third kappa shape index (κ3) is 2.91. The first kappa shape index (κ1) is 12.9. The molecule has 0 unspecified atom stereocenters. The molecule has 0 atom stereocenters. The number of nitro groups is 1. The van der Waals surface area contributed by atoms with E-state index in [1.807, 2.05) is 0 Å². The van der Waals surface area contributed by atoms with Crippen LogP contribution in [-0.2, 0) is 0 Å². The molecule has 7 heteroatoms. The Bertz CT molecular complexity index is 447. The van der Waals surface area contributed by atoms with Gasteiger partial charge in [0, 0.05) is 31.8 Å². The lowest BCUT2D eigenvalue weighted by Gasteiger charge is -2.18. The molecular formula is C10H14N4O3. The summed E-state index contributed by atoms with van der Waals surface area (Å²) in [6.07, 6.45) is 0. The highest BCUT2D eigenvalue weighted by molar-refractivity contribution is 5.94. The second-order valence-corrected chi connectivity index (χ2v) is 3.54. The van der Waals surface area contributed by atoms with Crippen molar-refractivity contribution in [3.63, 3.8) is 0 Å². The minimum atomic E-state index is -0.623. The van der Waals surface area contributed by atoms with E-state index in [1.165, 1.54) is 18.2 Å². The zero-order valence-electron chi connectivity index (χ0n) is 9.42. The number of nitrogens with zero attached hydrogens (tertiary/aromatic N) is 2. The Morgan fingerprint density at radius 3 is 2.65 bits per heavy atom. The number of benzene rings is 1. The van der Waals surface area contributed by atoms with Crippen molar-refractivity contribution in [3.05, 3.63) is 33.9 Å². The molecule has 1 aromatic carbocycles. The first-order chi connectivity index (χ1) is 7.97. The average Bonchev–Trinajstić information content (AvgIpc) is 2.28. The van der Waals surface area contributed by atoms with Crippen molar-refractivity contribution in [2.24, 2.45) is 11.5 Å². The minimum Gasteiger partial charge on any atom is -0.368 e. The van der Waals surface area contributed by atoms with Crippen molar-refractivity contribution in [2.75, 3.05) is 25.0 Å². The largest absolute Gasteiger partial charge is 0.368 e. The minimum absolute atomic E-state index is 0.0778. The number of anilines is 1. The van der Waals surface area contributed by atoms with E-state index < -0.39 is 10.8 Å². The molecule has 0 aromatic heterocycles. The molecule has 7 nitrogen and oxygen atoms in total. The highest BCUT2D eigenvalue weighted by Gasteiger charge is 2.18. The summed E-state index contributed by atoms with van der Waals surface area (Å²) in [6.45, 7) is 0.803. The molecule has 1 rings (SSSR count). The third-order valence-electron chi connectivity index (χ3n) is 2.33. The SMILES string of the molecule is CN(CCN)c1cc(C(N)=O)ccc1[N+](=O)[O-]. The fourth-order valence-corrected chi connectivity index (χ4v) is 1.45. The maximum absolute atomic E-state index is 11.0. The number of primary amides is 1. The molecule has 17 heavy (non-hydrogen) atoms. The highest BCUT2D eigenvalue weighted by Crippen LogP contribution is 2.28. The number of rotatable bonds is 5. The van der Waals surface area contributed by atoms with E-state index in [2.05, 4.69) is 0 Å². The van der Waals surface area contributed by atoms with Gasteiger partial charge in [-0.05, 0) is 12.1 Å². The van der Waals surface area contributed by atoms with E-state index in [9.17, 15) is 14.9 Å². The van der Waals surface area contributed by atoms with E-state index in [-0.39, 0.29) is 11.3 Å². The summed E-state index contributed by atoms with van der Waals surface area (Å²) in [6, 6.07) is 4.00. The molecule has 0 aliphatic carbocycles. The lowest BCUT2D eigenvalue weighted by molar-refractivity contribution is -0.384. The molecule has 0 saturated heterocycles. The number of carbonyl (C=O) groups excluding carboxylic acids is 1. The third-order valence-corrected chi connectivity index (χ3v) is 2.33. The van der Waals surface area contributed by atoms with Gasteiger partial charge in [0.1, 0.15) is 5.69 Å². The van der Waals surface area contributed by atoms with Crippen molar-refractivity contribution < 1.29 is 9.72 Å². The summed E-state index contributed by atoms with van der Waals surface area (Å²) in [5.41, 5.74) is 11.0. The molecule has 0 heterocycles. The number of amides is 1. The van der Waals surface area contributed by atoms with Crippen LogP contribution in [0.5, 0.6) is 0 Å². The van der Waals surface area contributed by atoms with Crippen LogP contribution in [0, 0.1) is 10.1 Å². The highest BCUT2D eigenvalue weighted by atomic mass is 16.6. The first-order valence-corrected chi connectivity index (χ1v) is 4.96. The molecular weight excluding hydrogens is 224 g/mol. The molecule has 0 bridgehead atoms. The monoisotopic (exact) mass is 238 g/mol. The Morgan fingerprint density at radius 2 is 2.18 bits per heavy atom. The summed E-state index contributed by atoms with van der Waals surface area (Å²) in [5, 5.41) is 10.8. The normalized spacial score (nSPS) is 10.0. The predicted octanol–water partition coefficient (Wildman–Crippen LogP) is 0.0886. The predicted molar refractivity (Wildman–Crippen MR) is 63.9 cm³/mol. The number of carbonyl (C=O) groups is 1. The van der Waals surface area contributed by atoms with E-state index >= 15 is 0 Å². The Morgan fingerprint density at radius 1 is 1.53 bits per heavy atom. The van der Waals surface area contributed by atoms with Crippen LogP contribution in [0.1, 0.15) is 10.4 Å². The fraction of sp³-hybridized carbons (Fsp3) is 0.300. The standard InChI is InChI=1S/C10H14N4O3/c1-13(5-4-11)9-6-7(10(12)15)2-3-8(9)14(16)17/h2-3,6H,4-5,11H2,1H3,(H2,12,15). The van der Waals surface area contributed by atoms with Gasteiger partial charge < -0.3 is 16.4 Å². The summed E-state index contributed by atoms with van der Waals surface area (Å²) < 4.78 is 0. The van der Waals surface area contributed by atoms with Gasteiger partial charge in [0.2, 0.25) is 5.91 Å².